The third kappa shape index (κ3) is 3.14. The van der Waals surface area contributed by atoms with Crippen molar-refractivity contribution in [2.24, 2.45) is 0 Å². The summed E-state index contributed by atoms with van der Waals surface area (Å²) in [6.45, 7) is 1.33. The summed E-state index contributed by atoms with van der Waals surface area (Å²) in [6.07, 6.45) is 1.91. The van der Waals surface area contributed by atoms with Gasteiger partial charge < -0.3 is 9.64 Å². The molecule has 1 fully saturated rings. The number of carbonyl (C=O) groups excluding carboxylic acids is 1. The van der Waals surface area contributed by atoms with Crippen molar-refractivity contribution in [3.63, 3.8) is 0 Å². The Bertz CT molecular complexity index is 685. The highest BCUT2D eigenvalue weighted by Crippen LogP contribution is 2.32. The number of hydrogen-bond donors (Lipinski definition) is 0. The molecule has 0 bridgehead atoms. The number of para-hydroxylation sites is 1. The van der Waals surface area contributed by atoms with E-state index in [2.05, 4.69) is 15.9 Å². The van der Waals surface area contributed by atoms with E-state index in [9.17, 15) is 9.18 Å². The first-order valence-electron chi connectivity index (χ1n) is 7.16. The molecule has 0 saturated carbocycles. The third-order valence-corrected chi connectivity index (χ3v) is 4.05. The molecule has 0 unspecified atom stereocenters. The molecular formula is C17H15BrFNO2. The number of rotatable bonds is 3. The van der Waals surface area contributed by atoms with Crippen LogP contribution in [0.2, 0.25) is 0 Å². The molecule has 0 atom stereocenters. The summed E-state index contributed by atoms with van der Waals surface area (Å²) in [5.41, 5.74) is -0.00560. The SMILES string of the molecule is O=C(c1c(F)cc(Br)cc1Oc1ccccc1)N1CCCC1. The van der Waals surface area contributed by atoms with Crippen LogP contribution in [0, 0.1) is 5.82 Å². The second-order valence-electron chi connectivity index (χ2n) is 5.18. The van der Waals surface area contributed by atoms with Crippen molar-refractivity contribution in [3.8, 4) is 11.5 Å². The van der Waals surface area contributed by atoms with Crippen molar-refractivity contribution in [1.82, 2.24) is 4.90 Å². The van der Waals surface area contributed by atoms with E-state index in [1.54, 1.807) is 23.1 Å². The van der Waals surface area contributed by atoms with Crippen LogP contribution in [-0.4, -0.2) is 23.9 Å². The van der Waals surface area contributed by atoms with Crippen molar-refractivity contribution in [3.05, 3.63) is 58.3 Å². The lowest BCUT2D eigenvalue weighted by molar-refractivity contribution is 0.0785. The van der Waals surface area contributed by atoms with Gasteiger partial charge >= 0.3 is 0 Å². The summed E-state index contributed by atoms with van der Waals surface area (Å²) in [7, 11) is 0. The number of nitrogens with zero attached hydrogens (tertiary/aromatic N) is 1. The van der Waals surface area contributed by atoms with Gasteiger partial charge in [-0.15, -0.1) is 0 Å². The monoisotopic (exact) mass is 363 g/mol. The number of carbonyl (C=O) groups is 1. The highest BCUT2D eigenvalue weighted by atomic mass is 79.9. The summed E-state index contributed by atoms with van der Waals surface area (Å²) < 4.78 is 20.6. The Morgan fingerprint density at radius 2 is 1.82 bits per heavy atom. The van der Waals surface area contributed by atoms with E-state index in [-0.39, 0.29) is 17.2 Å². The summed E-state index contributed by atoms with van der Waals surface area (Å²) >= 11 is 3.25. The van der Waals surface area contributed by atoms with Crippen LogP contribution in [0.5, 0.6) is 11.5 Å². The molecule has 0 aromatic heterocycles. The first kappa shape index (κ1) is 15.0. The second-order valence-corrected chi connectivity index (χ2v) is 6.09. The summed E-state index contributed by atoms with van der Waals surface area (Å²) in [6, 6.07) is 12.0. The van der Waals surface area contributed by atoms with Gasteiger partial charge in [0, 0.05) is 17.6 Å². The molecule has 0 N–H and O–H groups in total. The molecule has 1 saturated heterocycles. The van der Waals surface area contributed by atoms with Crippen molar-refractivity contribution in [2.75, 3.05) is 13.1 Å². The molecule has 1 amide bonds. The van der Waals surface area contributed by atoms with Crippen LogP contribution in [0.1, 0.15) is 23.2 Å². The Balaban J connectivity index is 1.98. The van der Waals surface area contributed by atoms with Gasteiger partial charge in [-0.05, 0) is 37.1 Å². The van der Waals surface area contributed by atoms with Gasteiger partial charge in [-0.2, -0.15) is 0 Å². The minimum atomic E-state index is -0.572. The van der Waals surface area contributed by atoms with E-state index in [0.29, 0.717) is 23.3 Å². The molecule has 0 aliphatic carbocycles. The van der Waals surface area contributed by atoms with Crippen LogP contribution >= 0.6 is 15.9 Å². The van der Waals surface area contributed by atoms with Gasteiger partial charge in [0.2, 0.25) is 0 Å². The zero-order valence-corrected chi connectivity index (χ0v) is 13.5. The fraction of sp³-hybridized carbons (Fsp3) is 0.235. The lowest BCUT2D eigenvalue weighted by Crippen LogP contribution is -2.28. The maximum atomic E-state index is 14.4. The Morgan fingerprint density at radius 3 is 2.50 bits per heavy atom. The lowest BCUT2D eigenvalue weighted by atomic mass is 10.1. The number of ether oxygens (including phenoxy) is 1. The van der Waals surface area contributed by atoms with Crippen LogP contribution in [0.3, 0.4) is 0 Å². The number of benzene rings is 2. The number of hydrogen-bond acceptors (Lipinski definition) is 2. The van der Waals surface area contributed by atoms with Gasteiger partial charge in [0.25, 0.3) is 5.91 Å². The van der Waals surface area contributed by atoms with Crippen molar-refractivity contribution in [1.29, 1.82) is 0 Å². The minimum absolute atomic E-state index is 0.00560. The quantitative estimate of drug-likeness (QED) is 0.796. The highest BCUT2D eigenvalue weighted by Gasteiger charge is 2.26. The molecule has 1 aliphatic heterocycles. The largest absolute Gasteiger partial charge is 0.456 e. The maximum Gasteiger partial charge on any atom is 0.260 e. The summed E-state index contributed by atoms with van der Waals surface area (Å²) in [5, 5.41) is 0. The Morgan fingerprint density at radius 1 is 1.14 bits per heavy atom. The van der Waals surface area contributed by atoms with Gasteiger partial charge in [0.05, 0.1) is 0 Å². The van der Waals surface area contributed by atoms with Crippen molar-refractivity contribution >= 4 is 21.8 Å². The minimum Gasteiger partial charge on any atom is -0.456 e. The standard InChI is InChI=1S/C17H15BrFNO2/c18-12-10-14(19)16(17(21)20-8-4-5-9-20)15(11-12)22-13-6-2-1-3-7-13/h1-3,6-7,10-11H,4-5,8-9H2. The van der Waals surface area contributed by atoms with Crippen molar-refractivity contribution < 1.29 is 13.9 Å². The Hall–Kier alpha value is -1.88. The first-order valence-corrected chi connectivity index (χ1v) is 7.95. The molecule has 5 heteroatoms. The van der Waals surface area contributed by atoms with Crippen LogP contribution in [-0.2, 0) is 0 Å². The topological polar surface area (TPSA) is 29.5 Å². The average molecular weight is 364 g/mol. The maximum absolute atomic E-state index is 14.4. The van der Waals surface area contributed by atoms with Crippen LogP contribution in [0.4, 0.5) is 4.39 Å². The van der Waals surface area contributed by atoms with Crippen LogP contribution in [0.15, 0.2) is 46.9 Å². The van der Waals surface area contributed by atoms with Crippen LogP contribution in [0.25, 0.3) is 0 Å². The molecule has 1 aliphatic rings. The lowest BCUT2D eigenvalue weighted by Gasteiger charge is -2.18. The molecule has 22 heavy (non-hydrogen) atoms. The van der Waals surface area contributed by atoms with E-state index in [0.717, 1.165) is 12.8 Å². The predicted molar refractivity (Wildman–Crippen MR) is 85.8 cm³/mol. The fourth-order valence-electron chi connectivity index (χ4n) is 2.53. The second kappa shape index (κ2) is 6.48. The normalized spacial score (nSPS) is 14.2. The number of amides is 1. The van der Waals surface area contributed by atoms with Gasteiger partial charge in [-0.3, -0.25) is 4.79 Å². The summed E-state index contributed by atoms with van der Waals surface area (Å²) in [5.74, 6) is -0.0870. The van der Waals surface area contributed by atoms with E-state index in [1.165, 1.54) is 6.07 Å². The molecule has 2 aromatic carbocycles. The van der Waals surface area contributed by atoms with E-state index in [4.69, 9.17) is 4.74 Å². The number of likely N-dealkylation sites (tertiary alicyclic amines) is 1. The molecule has 0 radical (unpaired) electrons. The zero-order valence-electron chi connectivity index (χ0n) is 11.9. The van der Waals surface area contributed by atoms with E-state index in [1.807, 2.05) is 18.2 Å². The van der Waals surface area contributed by atoms with Gasteiger partial charge in [-0.25, -0.2) is 4.39 Å². The van der Waals surface area contributed by atoms with Gasteiger partial charge in [0.15, 0.2) is 0 Å². The fourth-order valence-corrected chi connectivity index (χ4v) is 2.94. The molecular weight excluding hydrogens is 349 g/mol. The molecule has 3 nitrogen and oxygen atoms in total. The molecule has 2 aromatic rings. The molecule has 114 valence electrons. The zero-order chi connectivity index (χ0) is 15.5. The molecule has 3 rings (SSSR count). The van der Waals surface area contributed by atoms with Crippen LogP contribution < -0.4 is 4.74 Å². The van der Waals surface area contributed by atoms with Gasteiger partial charge in [0.1, 0.15) is 22.9 Å². The Kier molecular flexibility index (Phi) is 4.43. The Labute approximate surface area is 136 Å². The van der Waals surface area contributed by atoms with Gasteiger partial charge in [-0.1, -0.05) is 34.1 Å². The third-order valence-electron chi connectivity index (χ3n) is 3.60. The summed E-state index contributed by atoms with van der Waals surface area (Å²) in [4.78, 5) is 14.3. The van der Waals surface area contributed by atoms with Crippen molar-refractivity contribution in [2.45, 2.75) is 12.8 Å². The molecule has 0 spiro atoms. The van der Waals surface area contributed by atoms with E-state index < -0.39 is 5.82 Å². The molecule has 1 heterocycles. The predicted octanol–water partition coefficient (Wildman–Crippen LogP) is 4.62. The van der Waals surface area contributed by atoms with E-state index >= 15 is 0 Å². The smallest absolute Gasteiger partial charge is 0.260 e. The first-order chi connectivity index (χ1) is 10.6. The highest BCUT2D eigenvalue weighted by molar-refractivity contribution is 9.10. The average Bonchev–Trinajstić information content (AvgIpc) is 3.01. The number of halogens is 2.